The van der Waals surface area contributed by atoms with Crippen LogP contribution in [0.2, 0.25) is 0 Å². The molecule has 1 heterocycles. The highest BCUT2D eigenvalue weighted by Gasteiger charge is 2.17. The molecule has 1 N–H and O–H groups in total. The van der Waals surface area contributed by atoms with Crippen molar-refractivity contribution in [1.82, 2.24) is 4.98 Å². The summed E-state index contributed by atoms with van der Waals surface area (Å²) >= 11 is 1.23. The van der Waals surface area contributed by atoms with Gasteiger partial charge in [0, 0.05) is 0 Å². The number of hydrogen-bond donors (Lipinski definition) is 1. The minimum Gasteiger partial charge on any atom is -0.494 e. The first-order valence-electron chi connectivity index (χ1n) is 8.27. The molecule has 134 valence electrons. The molecule has 0 atom stereocenters. The van der Waals surface area contributed by atoms with Crippen LogP contribution in [-0.2, 0) is 11.2 Å². The van der Waals surface area contributed by atoms with Crippen molar-refractivity contribution < 1.29 is 14.3 Å². The number of esters is 1. The molecule has 2 rings (SSSR count). The molecule has 2 aromatic rings. The van der Waals surface area contributed by atoms with Gasteiger partial charge in [-0.3, -0.25) is 5.43 Å². The van der Waals surface area contributed by atoms with E-state index in [0.717, 1.165) is 24.2 Å². The van der Waals surface area contributed by atoms with E-state index in [9.17, 15) is 4.79 Å². The van der Waals surface area contributed by atoms with E-state index in [2.05, 4.69) is 22.4 Å². The number of carbonyl (C=O) groups is 1. The number of nitrogens with zero attached hydrogens (tertiary/aromatic N) is 2. The van der Waals surface area contributed by atoms with E-state index in [1.54, 1.807) is 6.21 Å². The highest BCUT2D eigenvalue weighted by molar-refractivity contribution is 7.17. The number of benzene rings is 1. The Morgan fingerprint density at radius 3 is 2.96 bits per heavy atom. The van der Waals surface area contributed by atoms with Crippen molar-refractivity contribution in [2.24, 2.45) is 5.10 Å². The third kappa shape index (κ3) is 5.56. The minimum absolute atomic E-state index is 0.372. The normalized spacial score (nSPS) is 10.8. The predicted octanol–water partition coefficient (Wildman–Crippen LogP) is 4.12. The number of ether oxygens (including phenoxy) is 2. The number of thiazole rings is 1. The first-order chi connectivity index (χ1) is 12.2. The highest BCUT2D eigenvalue weighted by atomic mass is 32.1. The maximum absolute atomic E-state index is 11.7. The van der Waals surface area contributed by atoms with Crippen molar-refractivity contribution >= 4 is 28.7 Å². The summed E-state index contributed by atoms with van der Waals surface area (Å²) in [7, 11) is 1.36. The lowest BCUT2D eigenvalue weighted by Gasteiger charge is -2.05. The average molecular weight is 361 g/mol. The Hall–Kier alpha value is -2.41. The smallest absolute Gasteiger partial charge is 0.350 e. The third-order valence-corrected chi connectivity index (χ3v) is 4.38. The minimum atomic E-state index is -0.372. The molecule has 0 aliphatic carbocycles. The van der Waals surface area contributed by atoms with Crippen LogP contribution in [0, 0.1) is 0 Å². The van der Waals surface area contributed by atoms with E-state index >= 15 is 0 Å². The van der Waals surface area contributed by atoms with Crippen molar-refractivity contribution in [2.75, 3.05) is 19.1 Å². The quantitative estimate of drug-likeness (QED) is 0.315. The molecule has 0 fully saturated rings. The van der Waals surface area contributed by atoms with E-state index in [1.807, 2.05) is 31.2 Å². The molecule has 0 amide bonds. The van der Waals surface area contributed by atoms with Gasteiger partial charge in [-0.1, -0.05) is 43.7 Å². The van der Waals surface area contributed by atoms with Crippen LogP contribution in [0.1, 0.15) is 47.6 Å². The molecule has 1 aromatic heterocycles. The Bertz CT molecular complexity index is 728. The predicted molar refractivity (Wildman–Crippen MR) is 101 cm³/mol. The van der Waals surface area contributed by atoms with E-state index < -0.39 is 0 Å². The van der Waals surface area contributed by atoms with Crippen LogP contribution in [0.25, 0.3) is 0 Å². The van der Waals surface area contributed by atoms with Crippen molar-refractivity contribution in [1.29, 1.82) is 0 Å². The molecule has 0 spiro atoms. The zero-order valence-corrected chi connectivity index (χ0v) is 15.6. The molecule has 0 saturated heterocycles. The summed E-state index contributed by atoms with van der Waals surface area (Å²) in [6, 6.07) is 7.73. The third-order valence-electron chi connectivity index (χ3n) is 3.40. The fourth-order valence-corrected chi connectivity index (χ4v) is 2.99. The first-order valence-corrected chi connectivity index (χ1v) is 9.09. The summed E-state index contributed by atoms with van der Waals surface area (Å²) < 4.78 is 10.5. The number of aromatic nitrogens is 1. The number of methoxy groups -OCH3 is 1. The lowest BCUT2D eigenvalue weighted by molar-refractivity contribution is 0.0605. The number of carbonyl (C=O) groups excluding carboxylic acids is 1. The van der Waals surface area contributed by atoms with Gasteiger partial charge >= 0.3 is 5.97 Å². The molecule has 6 nitrogen and oxygen atoms in total. The van der Waals surface area contributed by atoms with Gasteiger partial charge < -0.3 is 9.47 Å². The van der Waals surface area contributed by atoms with Gasteiger partial charge in [-0.05, 0) is 30.5 Å². The van der Waals surface area contributed by atoms with Gasteiger partial charge in [-0.2, -0.15) is 5.10 Å². The molecule has 0 unspecified atom stereocenters. The van der Waals surface area contributed by atoms with Gasteiger partial charge in [0.05, 0.1) is 25.6 Å². The molecule has 0 aliphatic rings. The van der Waals surface area contributed by atoms with Gasteiger partial charge in [0.15, 0.2) is 0 Å². The van der Waals surface area contributed by atoms with Crippen molar-refractivity contribution in [3.63, 3.8) is 0 Å². The number of unbranched alkanes of at least 4 members (excludes halogenated alkanes) is 1. The van der Waals surface area contributed by atoms with Gasteiger partial charge in [0.25, 0.3) is 0 Å². The van der Waals surface area contributed by atoms with Gasteiger partial charge in [0.1, 0.15) is 10.6 Å². The molecule has 0 bridgehead atoms. The second-order valence-electron chi connectivity index (χ2n) is 5.28. The Morgan fingerprint density at radius 1 is 1.40 bits per heavy atom. The Kier molecular flexibility index (Phi) is 7.40. The van der Waals surface area contributed by atoms with E-state index in [4.69, 9.17) is 9.47 Å². The fourth-order valence-electron chi connectivity index (χ4n) is 2.07. The molecule has 0 radical (unpaired) electrons. The van der Waals surface area contributed by atoms with Crippen LogP contribution >= 0.6 is 11.3 Å². The fraction of sp³-hybridized carbons (Fsp3) is 0.389. The number of nitrogens with one attached hydrogen (secondary N) is 1. The second kappa shape index (κ2) is 9.78. The lowest BCUT2D eigenvalue weighted by Crippen LogP contribution is -2.01. The van der Waals surface area contributed by atoms with Crippen LogP contribution in [0.5, 0.6) is 5.75 Å². The Labute approximate surface area is 151 Å². The van der Waals surface area contributed by atoms with Gasteiger partial charge in [0.2, 0.25) is 5.13 Å². The first kappa shape index (κ1) is 18.9. The summed E-state index contributed by atoms with van der Waals surface area (Å²) in [6.07, 6.45) is 4.49. The number of anilines is 1. The van der Waals surface area contributed by atoms with Crippen LogP contribution in [0.3, 0.4) is 0 Å². The summed E-state index contributed by atoms with van der Waals surface area (Å²) in [4.78, 5) is 16.6. The van der Waals surface area contributed by atoms with Crippen LogP contribution in [0.4, 0.5) is 5.13 Å². The van der Waals surface area contributed by atoms with Crippen molar-refractivity contribution in [2.45, 2.75) is 33.1 Å². The van der Waals surface area contributed by atoms with Gasteiger partial charge in [-0.25, -0.2) is 9.78 Å². The zero-order valence-electron chi connectivity index (χ0n) is 14.7. The van der Waals surface area contributed by atoms with Crippen LogP contribution in [0.15, 0.2) is 29.4 Å². The molecule has 0 saturated carbocycles. The summed E-state index contributed by atoms with van der Waals surface area (Å²) in [5.41, 5.74) is 4.49. The second-order valence-corrected chi connectivity index (χ2v) is 6.28. The van der Waals surface area contributed by atoms with E-state index in [-0.39, 0.29) is 5.97 Å². The topological polar surface area (TPSA) is 72.8 Å². The number of hydrogen-bond acceptors (Lipinski definition) is 7. The van der Waals surface area contributed by atoms with E-state index in [1.165, 1.54) is 18.4 Å². The SMILES string of the molecule is CCCCOc1cccc(/C=N\Nc2nc(CC)c(C(=O)OC)s2)c1. The molecule has 0 aliphatic heterocycles. The summed E-state index contributed by atoms with van der Waals surface area (Å²) in [5, 5.41) is 4.75. The average Bonchev–Trinajstić information content (AvgIpc) is 3.05. The monoisotopic (exact) mass is 361 g/mol. The summed E-state index contributed by atoms with van der Waals surface area (Å²) in [5.74, 6) is 0.455. The largest absolute Gasteiger partial charge is 0.494 e. The number of rotatable bonds is 9. The maximum atomic E-state index is 11.7. The molecule has 7 heteroatoms. The number of aryl methyl sites for hydroxylation is 1. The number of hydrazone groups is 1. The molecule has 25 heavy (non-hydrogen) atoms. The Balaban J connectivity index is 2.00. The van der Waals surface area contributed by atoms with E-state index in [0.29, 0.717) is 28.7 Å². The Morgan fingerprint density at radius 2 is 2.24 bits per heavy atom. The zero-order chi connectivity index (χ0) is 18.1. The standard InChI is InChI=1S/C18H23N3O3S/c1-4-6-10-24-14-9-7-8-13(11-14)12-19-21-18-20-15(5-2)16(25-18)17(22)23-3/h7-9,11-12H,4-6,10H2,1-3H3,(H,20,21)/b19-12-. The van der Waals surface area contributed by atoms with Crippen molar-refractivity contribution in [3.05, 3.63) is 40.4 Å². The van der Waals surface area contributed by atoms with Gasteiger partial charge in [-0.15, -0.1) is 0 Å². The highest BCUT2D eigenvalue weighted by Crippen LogP contribution is 2.24. The molecular weight excluding hydrogens is 338 g/mol. The van der Waals surface area contributed by atoms with Crippen molar-refractivity contribution in [3.8, 4) is 5.75 Å². The lowest BCUT2D eigenvalue weighted by atomic mass is 10.2. The van der Waals surface area contributed by atoms with Crippen LogP contribution < -0.4 is 10.2 Å². The summed E-state index contributed by atoms with van der Waals surface area (Å²) in [6.45, 7) is 4.79. The molecule has 1 aromatic carbocycles. The maximum Gasteiger partial charge on any atom is 0.350 e. The molecular formula is C18H23N3O3S. The van der Waals surface area contributed by atoms with Crippen LogP contribution in [-0.4, -0.2) is 30.9 Å².